The molecule has 2 aromatic rings. The van der Waals surface area contributed by atoms with Gasteiger partial charge < -0.3 is 4.57 Å². The summed E-state index contributed by atoms with van der Waals surface area (Å²) in [5, 5.41) is 0. The van der Waals surface area contributed by atoms with Crippen molar-refractivity contribution in [1.29, 1.82) is 0 Å². The second kappa shape index (κ2) is 6.38. The average Bonchev–Trinajstić information content (AvgIpc) is 2.85. The quantitative estimate of drug-likeness (QED) is 0.613. The molecule has 0 saturated heterocycles. The van der Waals surface area contributed by atoms with E-state index in [-0.39, 0.29) is 6.04 Å². The van der Waals surface area contributed by atoms with E-state index in [0.29, 0.717) is 4.90 Å². The fourth-order valence-electron chi connectivity index (χ4n) is 2.20. The zero-order chi connectivity index (χ0) is 15.5. The van der Waals surface area contributed by atoms with Crippen LogP contribution in [-0.4, -0.2) is 24.2 Å². The van der Waals surface area contributed by atoms with Crippen molar-refractivity contribution >= 4 is 9.84 Å². The molecule has 114 valence electrons. The van der Waals surface area contributed by atoms with Crippen LogP contribution in [0.3, 0.4) is 0 Å². The molecule has 1 heterocycles. The molecule has 0 aliphatic heterocycles. The Bertz CT molecular complexity index is 692. The van der Waals surface area contributed by atoms with E-state index in [1.54, 1.807) is 30.5 Å². The molecule has 0 amide bonds. The van der Waals surface area contributed by atoms with E-state index < -0.39 is 9.84 Å². The first kappa shape index (κ1) is 15.7. The van der Waals surface area contributed by atoms with Gasteiger partial charge in [0.1, 0.15) is 5.82 Å². The topological polar surface area (TPSA) is 90.0 Å². The lowest BCUT2D eigenvalue weighted by Gasteiger charge is -2.16. The molecule has 1 aromatic carbocycles. The Morgan fingerprint density at radius 2 is 2.00 bits per heavy atom. The van der Waals surface area contributed by atoms with Crippen LogP contribution in [0.4, 0.5) is 0 Å². The number of nitrogens with zero attached hydrogens (tertiary/aromatic N) is 2. The Kier molecular flexibility index (Phi) is 4.76. The Balaban J connectivity index is 2.09. The zero-order valence-electron chi connectivity index (χ0n) is 12.2. The van der Waals surface area contributed by atoms with Crippen molar-refractivity contribution in [2.75, 3.05) is 6.26 Å². The van der Waals surface area contributed by atoms with Gasteiger partial charge in [0.05, 0.1) is 4.90 Å². The summed E-state index contributed by atoms with van der Waals surface area (Å²) in [5.41, 5.74) is 3.73. The van der Waals surface area contributed by atoms with Gasteiger partial charge in [-0.1, -0.05) is 12.1 Å². The maximum atomic E-state index is 11.5. The molecule has 7 heteroatoms. The predicted molar refractivity (Wildman–Crippen MR) is 81.1 cm³/mol. The Morgan fingerprint density at radius 3 is 2.48 bits per heavy atom. The number of nitrogens with one attached hydrogen (secondary N) is 1. The molecule has 1 unspecified atom stereocenters. The molecular formula is C14H20N4O2S. The summed E-state index contributed by atoms with van der Waals surface area (Å²) in [6, 6.07) is 6.75. The molecule has 0 saturated carbocycles. The van der Waals surface area contributed by atoms with Crippen molar-refractivity contribution in [2.45, 2.75) is 23.8 Å². The van der Waals surface area contributed by atoms with Crippen LogP contribution in [0, 0.1) is 0 Å². The zero-order valence-corrected chi connectivity index (χ0v) is 13.0. The van der Waals surface area contributed by atoms with Gasteiger partial charge in [-0.05, 0) is 24.1 Å². The number of aromatic nitrogens is 2. The van der Waals surface area contributed by atoms with Crippen molar-refractivity contribution in [3.8, 4) is 0 Å². The van der Waals surface area contributed by atoms with Gasteiger partial charge in [0, 0.05) is 38.2 Å². The van der Waals surface area contributed by atoms with Gasteiger partial charge in [0.2, 0.25) is 0 Å². The molecule has 1 atom stereocenters. The molecule has 21 heavy (non-hydrogen) atoms. The van der Waals surface area contributed by atoms with Crippen molar-refractivity contribution in [3.63, 3.8) is 0 Å². The van der Waals surface area contributed by atoms with Gasteiger partial charge in [0.25, 0.3) is 0 Å². The first-order chi connectivity index (χ1) is 9.91. The number of aryl methyl sites for hydroxylation is 2. The number of nitrogens with two attached hydrogens (primary N) is 1. The highest BCUT2D eigenvalue weighted by Gasteiger charge is 2.13. The smallest absolute Gasteiger partial charge is 0.175 e. The molecular weight excluding hydrogens is 288 g/mol. The van der Waals surface area contributed by atoms with E-state index in [1.807, 2.05) is 17.8 Å². The first-order valence-corrected chi connectivity index (χ1v) is 8.53. The molecule has 0 fully saturated rings. The monoisotopic (exact) mass is 308 g/mol. The molecule has 1 aromatic heterocycles. The van der Waals surface area contributed by atoms with Crippen LogP contribution >= 0.6 is 0 Å². The highest BCUT2D eigenvalue weighted by molar-refractivity contribution is 7.90. The van der Waals surface area contributed by atoms with E-state index in [9.17, 15) is 8.42 Å². The summed E-state index contributed by atoms with van der Waals surface area (Å²) >= 11 is 0. The highest BCUT2D eigenvalue weighted by atomic mass is 32.2. The van der Waals surface area contributed by atoms with Gasteiger partial charge in [-0.3, -0.25) is 11.3 Å². The third-order valence-electron chi connectivity index (χ3n) is 3.49. The molecule has 6 nitrogen and oxygen atoms in total. The number of hydrogen-bond acceptors (Lipinski definition) is 5. The fourth-order valence-corrected chi connectivity index (χ4v) is 2.83. The number of rotatable bonds is 6. The van der Waals surface area contributed by atoms with E-state index in [4.69, 9.17) is 5.84 Å². The van der Waals surface area contributed by atoms with Crippen LogP contribution in [0.2, 0.25) is 0 Å². The maximum absolute atomic E-state index is 11.5. The molecule has 0 bridgehead atoms. The third-order valence-corrected chi connectivity index (χ3v) is 4.62. The standard InChI is InChI=1S/C14H20N4O2S/c1-18-10-9-16-14(18)8-7-13(17-15)11-3-5-12(6-4-11)21(2,19)20/h3-6,9-10,13,17H,7-8,15H2,1-2H3. The van der Waals surface area contributed by atoms with Crippen LogP contribution in [0.15, 0.2) is 41.6 Å². The van der Waals surface area contributed by atoms with Crippen LogP contribution in [0.5, 0.6) is 0 Å². The van der Waals surface area contributed by atoms with E-state index in [0.717, 1.165) is 24.2 Å². The maximum Gasteiger partial charge on any atom is 0.175 e. The second-order valence-electron chi connectivity index (χ2n) is 5.05. The van der Waals surface area contributed by atoms with Crippen molar-refractivity contribution in [2.24, 2.45) is 12.9 Å². The summed E-state index contributed by atoms with van der Waals surface area (Å²) < 4.78 is 24.9. The van der Waals surface area contributed by atoms with Crippen molar-refractivity contribution in [1.82, 2.24) is 15.0 Å². The summed E-state index contributed by atoms with van der Waals surface area (Å²) in [7, 11) is -1.22. The lowest BCUT2D eigenvalue weighted by molar-refractivity contribution is 0.506. The number of sulfone groups is 1. The van der Waals surface area contributed by atoms with E-state index in [2.05, 4.69) is 10.4 Å². The normalized spacial score (nSPS) is 13.3. The molecule has 2 rings (SSSR count). The first-order valence-electron chi connectivity index (χ1n) is 6.64. The molecule has 0 spiro atoms. The Hall–Kier alpha value is -1.70. The summed E-state index contributed by atoms with van der Waals surface area (Å²) in [6.45, 7) is 0. The summed E-state index contributed by atoms with van der Waals surface area (Å²) in [5.74, 6) is 6.60. The molecule has 0 aliphatic rings. The Morgan fingerprint density at radius 1 is 1.33 bits per heavy atom. The Labute approximate surface area is 124 Å². The van der Waals surface area contributed by atoms with E-state index in [1.165, 1.54) is 6.26 Å². The fraction of sp³-hybridized carbons (Fsp3) is 0.357. The molecule has 3 N–H and O–H groups in total. The minimum Gasteiger partial charge on any atom is -0.338 e. The van der Waals surface area contributed by atoms with Crippen LogP contribution in [0.1, 0.15) is 23.9 Å². The van der Waals surface area contributed by atoms with Gasteiger partial charge in [-0.15, -0.1) is 0 Å². The second-order valence-corrected chi connectivity index (χ2v) is 7.07. The minimum absolute atomic E-state index is 0.0460. The van der Waals surface area contributed by atoms with E-state index >= 15 is 0 Å². The number of imidazole rings is 1. The number of hydrogen-bond donors (Lipinski definition) is 2. The SMILES string of the molecule is Cn1ccnc1CCC(NN)c1ccc(S(C)(=O)=O)cc1. The van der Waals surface area contributed by atoms with Gasteiger partial charge in [0.15, 0.2) is 9.84 Å². The number of benzene rings is 1. The van der Waals surface area contributed by atoms with Crippen molar-refractivity contribution < 1.29 is 8.42 Å². The van der Waals surface area contributed by atoms with Crippen LogP contribution in [0.25, 0.3) is 0 Å². The minimum atomic E-state index is -3.17. The lowest BCUT2D eigenvalue weighted by atomic mass is 10.0. The average molecular weight is 308 g/mol. The summed E-state index contributed by atoms with van der Waals surface area (Å²) in [6.07, 6.45) is 6.43. The predicted octanol–water partition coefficient (Wildman–Crippen LogP) is 0.961. The van der Waals surface area contributed by atoms with Gasteiger partial charge in [-0.25, -0.2) is 13.4 Å². The number of hydrazine groups is 1. The largest absolute Gasteiger partial charge is 0.338 e. The van der Waals surface area contributed by atoms with Crippen LogP contribution < -0.4 is 11.3 Å². The van der Waals surface area contributed by atoms with Crippen molar-refractivity contribution in [3.05, 3.63) is 48.0 Å². The van der Waals surface area contributed by atoms with Crippen LogP contribution in [-0.2, 0) is 23.3 Å². The molecule has 0 radical (unpaired) electrons. The van der Waals surface area contributed by atoms with Gasteiger partial charge >= 0.3 is 0 Å². The third kappa shape index (κ3) is 3.90. The lowest BCUT2D eigenvalue weighted by Crippen LogP contribution is -2.28. The summed E-state index contributed by atoms with van der Waals surface area (Å²) in [4.78, 5) is 4.59. The molecule has 0 aliphatic carbocycles. The highest BCUT2D eigenvalue weighted by Crippen LogP contribution is 2.20. The van der Waals surface area contributed by atoms with Gasteiger partial charge in [-0.2, -0.15) is 0 Å².